The third-order valence-electron chi connectivity index (χ3n) is 3.13. The molecule has 4 heteroatoms. The van der Waals surface area contributed by atoms with Crippen LogP contribution in [0.15, 0.2) is 65.9 Å². The molecule has 0 aliphatic carbocycles. The predicted molar refractivity (Wildman–Crippen MR) is 86.0 cm³/mol. The molecule has 1 N–H and O–H groups in total. The number of pyridine rings is 1. The first kappa shape index (κ1) is 13.1. The number of fused-ring (bicyclic) bond motifs is 1. The smallest absolute Gasteiger partial charge is 0.119 e. The van der Waals surface area contributed by atoms with E-state index in [1.807, 2.05) is 54.6 Å². The lowest BCUT2D eigenvalue weighted by Crippen LogP contribution is -1.93. The molecule has 0 fully saturated rings. The van der Waals surface area contributed by atoms with E-state index in [4.69, 9.17) is 4.74 Å². The fraction of sp³-hybridized carbons (Fsp3) is 0.0588. The lowest BCUT2D eigenvalue weighted by Gasteiger charge is -2.04. The van der Waals surface area contributed by atoms with Crippen molar-refractivity contribution in [3.63, 3.8) is 0 Å². The number of hydrogen-bond donors (Lipinski definition) is 1. The molecule has 0 aliphatic heterocycles. The van der Waals surface area contributed by atoms with Crippen LogP contribution in [0.3, 0.4) is 0 Å². The van der Waals surface area contributed by atoms with Crippen LogP contribution in [0.25, 0.3) is 10.9 Å². The van der Waals surface area contributed by atoms with E-state index in [1.54, 1.807) is 19.5 Å². The SMILES string of the molecule is COc1cccc(/C=N\Nc2cccc3cccnc23)c1. The fourth-order valence-electron chi connectivity index (χ4n) is 2.09. The van der Waals surface area contributed by atoms with Crippen LogP contribution < -0.4 is 10.2 Å². The van der Waals surface area contributed by atoms with E-state index in [0.29, 0.717) is 0 Å². The van der Waals surface area contributed by atoms with Crippen molar-refractivity contribution in [3.05, 3.63) is 66.4 Å². The summed E-state index contributed by atoms with van der Waals surface area (Å²) in [6.45, 7) is 0. The van der Waals surface area contributed by atoms with Gasteiger partial charge in [0.15, 0.2) is 0 Å². The maximum atomic E-state index is 5.19. The molecule has 0 saturated carbocycles. The standard InChI is InChI=1S/C17H15N3O/c1-21-15-8-2-5-13(11-15)12-19-20-16-9-3-6-14-7-4-10-18-17(14)16/h2-12,20H,1H3/b19-12-. The minimum atomic E-state index is 0.811. The van der Waals surface area contributed by atoms with E-state index in [-0.39, 0.29) is 0 Å². The van der Waals surface area contributed by atoms with Gasteiger partial charge in [-0.25, -0.2) is 0 Å². The number of para-hydroxylation sites is 1. The first-order chi connectivity index (χ1) is 10.4. The highest BCUT2D eigenvalue weighted by Crippen LogP contribution is 2.20. The zero-order chi connectivity index (χ0) is 14.5. The number of hydrogen-bond acceptors (Lipinski definition) is 4. The van der Waals surface area contributed by atoms with E-state index in [0.717, 1.165) is 27.9 Å². The Balaban J connectivity index is 1.81. The van der Waals surface area contributed by atoms with Crippen LogP contribution in [-0.4, -0.2) is 18.3 Å². The number of ether oxygens (including phenoxy) is 1. The maximum absolute atomic E-state index is 5.19. The quantitative estimate of drug-likeness (QED) is 0.584. The van der Waals surface area contributed by atoms with Gasteiger partial charge in [0.25, 0.3) is 0 Å². The summed E-state index contributed by atoms with van der Waals surface area (Å²) in [6.07, 6.45) is 3.53. The van der Waals surface area contributed by atoms with Crippen LogP contribution in [0.4, 0.5) is 5.69 Å². The van der Waals surface area contributed by atoms with Gasteiger partial charge in [-0.1, -0.05) is 30.3 Å². The largest absolute Gasteiger partial charge is 0.497 e. The number of benzene rings is 2. The molecular formula is C17H15N3O. The van der Waals surface area contributed by atoms with Crippen molar-refractivity contribution in [3.8, 4) is 5.75 Å². The summed E-state index contributed by atoms with van der Waals surface area (Å²) in [7, 11) is 1.65. The van der Waals surface area contributed by atoms with Crippen molar-refractivity contribution < 1.29 is 4.74 Å². The van der Waals surface area contributed by atoms with Gasteiger partial charge in [0.1, 0.15) is 5.75 Å². The van der Waals surface area contributed by atoms with E-state index >= 15 is 0 Å². The Hall–Kier alpha value is -2.88. The minimum Gasteiger partial charge on any atom is -0.497 e. The Morgan fingerprint density at radius 2 is 1.95 bits per heavy atom. The van der Waals surface area contributed by atoms with Gasteiger partial charge in [0, 0.05) is 11.6 Å². The molecule has 2 aromatic carbocycles. The number of aromatic nitrogens is 1. The van der Waals surface area contributed by atoms with Gasteiger partial charge < -0.3 is 4.74 Å². The number of methoxy groups -OCH3 is 1. The zero-order valence-electron chi connectivity index (χ0n) is 11.7. The van der Waals surface area contributed by atoms with Gasteiger partial charge in [-0.15, -0.1) is 0 Å². The summed E-state index contributed by atoms with van der Waals surface area (Å²) in [5, 5.41) is 5.35. The molecule has 0 amide bonds. The average Bonchev–Trinajstić information content (AvgIpc) is 2.55. The van der Waals surface area contributed by atoms with Gasteiger partial charge in [0.05, 0.1) is 24.5 Å². The molecular weight excluding hydrogens is 262 g/mol. The van der Waals surface area contributed by atoms with Crippen molar-refractivity contribution in [1.29, 1.82) is 0 Å². The lowest BCUT2D eigenvalue weighted by molar-refractivity contribution is 0.415. The number of rotatable bonds is 4. The van der Waals surface area contributed by atoms with Crippen molar-refractivity contribution in [1.82, 2.24) is 4.98 Å². The van der Waals surface area contributed by atoms with Gasteiger partial charge in [0.2, 0.25) is 0 Å². The molecule has 0 aliphatic rings. The maximum Gasteiger partial charge on any atom is 0.119 e. The zero-order valence-corrected chi connectivity index (χ0v) is 11.7. The third-order valence-corrected chi connectivity index (χ3v) is 3.13. The van der Waals surface area contributed by atoms with E-state index in [1.165, 1.54) is 0 Å². The molecule has 0 unspecified atom stereocenters. The Labute approximate surface area is 123 Å². The second-order valence-electron chi connectivity index (χ2n) is 4.53. The number of hydrazone groups is 1. The molecule has 0 radical (unpaired) electrons. The number of nitrogens with zero attached hydrogens (tertiary/aromatic N) is 2. The van der Waals surface area contributed by atoms with Crippen LogP contribution in [0.1, 0.15) is 5.56 Å². The van der Waals surface area contributed by atoms with Gasteiger partial charge >= 0.3 is 0 Å². The lowest BCUT2D eigenvalue weighted by atomic mass is 10.2. The summed E-state index contributed by atoms with van der Waals surface area (Å²) < 4.78 is 5.19. The Morgan fingerprint density at radius 3 is 2.86 bits per heavy atom. The topological polar surface area (TPSA) is 46.5 Å². The van der Waals surface area contributed by atoms with Crippen molar-refractivity contribution in [2.45, 2.75) is 0 Å². The highest BCUT2D eigenvalue weighted by molar-refractivity contribution is 5.90. The van der Waals surface area contributed by atoms with Crippen molar-refractivity contribution >= 4 is 22.8 Å². The van der Waals surface area contributed by atoms with Crippen LogP contribution in [-0.2, 0) is 0 Å². The normalized spacial score (nSPS) is 10.9. The molecule has 21 heavy (non-hydrogen) atoms. The second-order valence-corrected chi connectivity index (χ2v) is 4.53. The van der Waals surface area contributed by atoms with Gasteiger partial charge in [-0.3, -0.25) is 10.4 Å². The highest BCUT2D eigenvalue weighted by atomic mass is 16.5. The predicted octanol–water partition coefficient (Wildman–Crippen LogP) is 3.69. The van der Waals surface area contributed by atoms with E-state index in [2.05, 4.69) is 15.5 Å². The summed E-state index contributed by atoms with van der Waals surface area (Å²) in [5.41, 5.74) is 5.79. The average molecular weight is 277 g/mol. The Kier molecular flexibility index (Phi) is 3.78. The van der Waals surface area contributed by atoms with Crippen LogP contribution in [0.2, 0.25) is 0 Å². The molecule has 0 bridgehead atoms. The molecule has 1 aromatic heterocycles. The molecule has 4 nitrogen and oxygen atoms in total. The fourth-order valence-corrected chi connectivity index (χ4v) is 2.09. The molecule has 3 rings (SSSR count). The summed E-state index contributed by atoms with van der Waals surface area (Å²) in [6, 6.07) is 17.6. The van der Waals surface area contributed by atoms with E-state index < -0.39 is 0 Å². The second kappa shape index (κ2) is 6.05. The molecule has 1 heterocycles. The van der Waals surface area contributed by atoms with Crippen LogP contribution >= 0.6 is 0 Å². The van der Waals surface area contributed by atoms with Crippen molar-refractivity contribution in [2.24, 2.45) is 5.10 Å². The molecule has 3 aromatic rings. The first-order valence-corrected chi connectivity index (χ1v) is 6.64. The highest BCUT2D eigenvalue weighted by Gasteiger charge is 1.99. The first-order valence-electron chi connectivity index (χ1n) is 6.64. The molecule has 0 atom stereocenters. The monoisotopic (exact) mass is 277 g/mol. The molecule has 0 spiro atoms. The van der Waals surface area contributed by atoms with Crippen molar-refractivity contribution in [2.75, 3.05) is 12.5 Å². The molecule has 104 valence electrons. The summed E-state index contributed by atoms with van der Waals surface area (Å²) in [4.78, 5) is 4.38. The van der Waals surface area contributed by atoms with Gasteiger partial charge in [-0.2, -0.15) is 5.10 Å². The summed E-state index contributed by atoms with van der Waals surface area (Å²) >= 11 is 0. The molecule has 0 saturated heterocycles. The minimum absolute atomic E-state index is 0.811. The third kappa shape index (κ3) is 3.00. The Bertz CT molecular complexity index is 778. The Morgan fingerprint density at radius 1 is 1.10 bits per heavy atom. The number of nitrogens with one attached hydrogen (secondary N) is 1. The van der Waals surface area contributed by atoms with Gasteiger partial charge in [-0.05, 0) is 29.8 Å². The summed E-state index contributed by atoms with van der Waals surface area (Å²) in [5.74, 6) is 0.811. The number of anilines is 1. The van der Waals surface area contributed by atoms with Crippen LogP contribution in [0.5, 0.6) is 5.75 Å². The van der Waals surface area contributed by atoms with E-state index in [9.17, 15) is 0 Å². The van der Waals surface area contributed by atoms with Crippen LogP contribution in [0, 0.1) is 0 Å².